The summed E-state index contributed by atoms with van der Waals surface area (Å²) in [5, 5.41) is 3.68. The lowest BCUT2D eigenvalue weighted by atomic mass is 10.2. The Bertz CT molecular complexity index is 1460. The Labute approximate surface area is 181 Å². The van der Waals surface area contributed by atoms with E-state index in [0.29, 0.717) is 16.8 Å². The summed E-state index contributed by atoms with van der Waals surface area (Å²) in [7, 11) is 0. The van der Waals surface area contributed by atoms with E-state index in [4.69, 9.17) is 4.42 Å². The molecule has 7 heteroatoms. The van der Waals surface area contributed by atoms with Crippen LogP contribution < -0.4 is 10.9 Å². The second-order valence-corrected chi connectivity index (χ2v) is 8.03. The third kappa shape index (κ3) is 3.83. The van der Waals surface area contributed by atoms with Gasteiger partial charge >= 0.3 is 0 Å². The maximum absolute atomic E-state index is 12.8. The van der Waals surface area contributed by atoms with E-state index in [0.717, 1.165) is 15.2 Å². The summed E-state index contributed by atoms with van der Waals surface area (Å²) in [5.74, 6) is -0.319. The van der Waals surface area contributed by atoms with Gasteiger partial charge in [-0.15, -0.1) is 0 Å². The zero-order valence-electron chi connectivity index (χ0n) is 16.3. The van der Waals surface area contributed by atoms with Crippen LogP contribution >= 0.6 is 11.8 Å². The summed E-state index contributed by atoms with van der Waals surface area (Å²) in [6.07, 6.45) is 1.39. The first-order chi connectivity index (χ1) is 15.2. The second kappa shape index (κ2) is 8.12. The maximum Gasteiger partial charge on any atom is 0.297 e. The molecule has 0 saturated carbocycles. The molecular weight excluding hydrogens is 410 g/mol. The van der Waals surface area contributed by atoms with Crippen molar-refractivity contribution in [2.24, 2.45) is 0 Å². The van der Waals surface area contributed by atoms with Gasteiger partial charge in [-0.2, -0.15) is 0 Å². The SMILES string of the molecule is O=C(Cn1cnc2c(oc3ccccc32)c1=O)Nc1ccccc1Sc1ccccc1. The van der Waals surface area contributed by atoms with Crippen molar-refractivity contribution in [2.75, 3.05) is 5.32 Å². The molecule has 0 fully saturated rings. The minimum absolute atomic E-state index is 0.150. The Morgan fingerprint density at radius 3 is 2.58 bits per heavy atom. The minimum Gasteiger partial charge on any atom is -0.448 e. The number of nitrogens with one attached hydrogen (secondary N) is 1. The molecular formula is C24H17N3O3S. The minimum atomic E-state index is -0.386. The molecule has 0 aliphatic rings. The Morgan fingerprint density at radius 2 is 1.71 bits per heavy atom. The number of nitrogens with zero attached hydrogens (tertiary/aromatic N) is 2. The molecule has 2 aromatic heterocycles. The Morgan fingerprint density at radius 1 is 0.968 bits per heavy atom. The third-order valence-electron chi connectivity index (χ3n) is 4.80. The molecule has 31 heavy (non-hydrogen) atoms. The molecule has 0 radical (unpaired) electrons. The van der Waals surface area contributed by atoms with Gasteiger partial charge in [-0.1, -0.05) is 54.2 Å². The van der Waals surface area contributed by atoms with Crippen molar-refractivity contribution in [1.29, 1.82) is 0 Å². The van der Waals surface area contributed by atoms with Crippen molar-refractivity contribution >= 4 is 45.4 Å². The van der Waals surface area contributed by atoms with Gasteiger partial charge in [0.2, 0.25) is 11.5 Å². The van der Waals surface area contributed by atoms with Crippen LogP contribution in [0.5, 0.6) is 0 Å². The van der Waals surface area contributed by atoms with Crippen molar-refractivity contribution in [3.63, 3.8) is 0 Å². The van der Waals surface area contributed by atoms with Gasteiger partial charge in [0.05, 0.1) is 12.0 Å². The van der Waals surface area contributed by atoms with Gasteiger partial charge in [0, 0.05) is 15.2 Å². The number of para-hydroxylation sites is 2. The molecule has 0 aliphatic heterocycles. The number of anilines is 1. The van der Waals surface area contributed by atoms with Crippen molar-refractivity contribution in [2.45, 2.75) is 16.3 Å². The molecule has 0 unspecified atom stereocenters. The van der Waals surface area contributed by atoms with Crippen LogP contribution in [0.3, 0.4) is 0 Å². The predicted molar refractivity (Wildman–Crippen MR) is 121 cm³/mol. The first-order valence-electron chi connectivity index (χ1n) is 9.67. The van der Waals surface area contributed by atoms with Crippen LogP contribution in [-0.4, -0.2) is 15.5 Å². The highest BCUT2D eigenvalue weighted by Crippen LogP contribution is 2.33. The fourth-order valence-corrected chi connectivity index (χ4v) is 4.27. The van der Waals surface area contributed by atoms with Crippen LogP contribution in [0.25, 0.3) is 22.1 Å². The number of carbonyl (C=O) groups is 1. The average molecular weight is 427 g/mol. The molecule has 0 spiro atoms. The van der Waals surface area contributed by atoms with Crippen molar-refractivity contribution in [3.05, 3.63) is 95.5 Å². The molecule has 5 aromatic rings. The van der Waals surface area contributed by atoms with Gasteiger partial charge in [-0.25, -0.2) is 4.98 Å². The summed E-state index contributed by atoms with van der Waals surface area (Å²) in [4.78, 5) is 31.9. The number of hydrogen-bond acceptors (Lipinski definition) is 5. The molecule has 0 aliphatic carbocycles. The predicted octanol–water partition coefficient (Wildman–Crippen LogP) is 4.93. The lowest BCUT2D eigenvalue weighted by molar-refractivity contribution is -0.116. The molecule has 0 saturated heterocycles. The highest BCUT2D eigenvalue weighted by molar-refractivity contribution is 7.99. The Hall–Kier alpha value is -3.84. The topological polar surface area (TPSA) is 77.1 Å². The zero-order chi connectivity index (χ0) is 21.2. The van der Waals surface area contributed by atoms with E-state index < -0.39 is 0 Å². The summed E-state index contributed by atoms with van der Waals surface area (Å²) >= 11 is 1.56. The van der Waals surface area contributed by atoms with Gasteiger partial charge in [-0.05, 0) is 36.4 Å². The van der Waals surface area contributed by atoms with E-state index in [1.165, 1.54) is 10.9 Å². The van der Waals surface area contributed by atoms with Gasteiger partial charge < -0.3 is 9.73 Å². The lowest BCUT2D eigenvalue weighted by Gasteiger charge is -2.11. The third-order valence-corrected chi connectivity index (χ3v) is 5.88. The number of benzene rings is 3. The molecule has 152 valence electrons. The van der Waals surface area contributed by atoms with Crippen LogP contribution in [0.4, 0.5) is 5.69 Å². The maximum atomic E-state index is 12.8. The van der Waals surface area contributed by atoms with E-state index in [1.54, 1.807) is 17.8 Å². The number of amides is 1. The van der Waals surface area contributed by atoms with Crippen molar-refractivity contribution < 1.29 is 9.21 Å². The Kier molecular flexibility index (Phi) is 5.01. The van der Waals surface area contributed by atoms with Gasteiger partial charge in [-0.3, -0.25) is 14.2 Å². The lowest BCUT2D eigenvalue weighted by Crippen LogP contribution is -2.27. The van der Waals surface area contributed by atoms with Gasteiger partial charge in [0.15, 0.2) is 0 Å². The summed E-state index contributed by atoms with van der Waals surface area (Å²) in [5.41, 5.74) is 1.55. The zero-order valence-corrected chi connectivity index (χ0v) is 17.1. The molecule has 1 amide bonds. The normalized spacial score (nSPS) is 11.1. The van der Waals surface area contributed by atoms with Gasteiger partial charge in [0.25, 0.3) is 5.56 Å². The Balaban J connectivity index is 1.39. The number of rotatable bonds is 5. The van der Waals surface area contributed by atoms with Crippen LogP contribution in [0.15, 0.2) is 104 Å². The molecule has 0 bridgehead atoms. The van der Waals surface area contributed by atoms with Gasteiger partial charge in [0.1, 0.15) is 17.6 Å². The van der Waals surface area contributed by atoms with E-state index in [1.807, 2.05) is 72.8 Å². The van der Waals surface area contributed by atoms with E-state index >= 15 is 0 Å². The number of furan rings is 1. The molecule has 5 rings (SSSR count). The number of fused-ring (bicyclic) bond motifs is 3. The summed E-state index contributed by atoms with van der Waals surface area (Å²) in [6, 6.07) is 24.8. The second-order valence-electron chi connectivity index (χ2n) is 6.91. The monoisotopic (exact) mass is 427 g/mol. The standard InChI is InChI=1S/C24H17N3O3S/c28-21(26-18-11-5-7-13-20(18)31-16-8-2-1-3-9-16)14-27-15-25-22-17-10-4-6-12-19(17)30-23(22)24(27)29/h1-13,15H,14H2,(H,26,28). The van der Waals surface area contributed by atoms with Crippen molar-refractivity contribution in [1.82, 2.24) is 9.55 Å². The van der Waals surface area contributed by atoms with E-state index in [9.17, 15) is 9.59 Å². The van der Waals surface area contributed by atoms with Crippen LogP contribution in [0, 0.1) is 0 Å². The number of carbonyl (C=O) groups excluding carboxylic acids is 1. The largest absolute Gasteiger partial charge is 0.448 e. The average Bonchev–Trinajstić information content (AvgIpc) is 3.17. The fourth-order valence-electron chi connectivity index (χ4n) is 3.35. The molecule has 3 aromatic carbocycles. The molecule has 6 nitrogen and oxygen atoms in total. The number of hydrogen-bond donors (Lipinski definition) is 1. The fraction of sp³-hybridized carbons (Fsp3) is 0.0417. The smallest absolute Gasteiger partial charge is 0.297 e. The molecule has 2 heterocycles. The first kappa shape index (κ1) is 19.1. The summed E-state index contributed by atoms with van der Waals surface area (Å²) < 4.78 is 6.94. The van der Waals surface area contributed by atoms with Crippen LogP contribution in [-0.2, 0) is 11.3 Å². The van der Waals surface area contributed by atoms with Crippen LogP contribution in [0.2, 0.25) is 0 Å². The van der Waals surface area contributed by atoms with E-state index in [-0.39, 0.29) is 23.6 Å². The van der Waals surface area contributed by atoms with E-state index in [2.05, 4.69) is 10.3 Å². The first-order valence-corrected chi connectivity index (χ1v) is 10.5. The molecule has 1 N–H and O–H groups in total. The van der Waals surface area contributed by atoms with Crippen molar-refractivity contribution in [3.8, 4) is 0 Å². The quantitative estimate of drug-likeness (QED) is 0.430. The van der Waals surface area contributed by atoms with Crippen LogP contribution in [0.1, 0.15) is 0 Å². The molecule has 0 atom stereocenters. The summed E-state index contributed by atoms with van der Waals surface area (Å²) in [6.45, 7) is -0.164. The number of aromatic nitrogens is 2. The highest BCUT2D eigenvalue weighted by atomic mass is 32.2. The highest BCUT2D eigenvalue weighted by Gasteiger charge is 2.15.